The first-order valence-electron chi connectivity index (χ1n) is 8.81. The minimum atomic E-state index is -0.402. The molecular formula is C19H24N4O2. The number of carbonyl (C=O) groups excluding carboxylic acids is 2. The topological polar surface area (TPSA) is 67.2 Å². The fourth-order valence-electron chi connectivity index (χ4n) is 3.12. The van der Waals surface area contributed by atoms with Crippen molar-refractivity contribution < 1.29 is 9.59 Å². The number of nitrogens with zero attached hydrogens (tertiary/aromatic N) is 3. The van der Waals surface area contributed by atoms with Crippen molar-refractivity contribution in [3.8, 4) is 5.69 Å². The second-order valence-electron chi connectivity index (χ2n) is 6.46. The summed E-state index contributed by atoms with van der Waals surface area (Å²) in [4.78, 5) is 31.4. The van der Waals surface area contributed by atoms with Crippen LogP contribution in [0.25, 0.3) is 5.69 Å². The Bertz CT molecular complexity index is 741. The highest BCUT2D eigenvalue weighted by molar-refractivity contribution is 5.97. The Labute approximate surface area is 147 Å². The molecule has 1 aromatic carbocycles. The average Bonchev–Trinajstić information content (AvgIpc) is 3.31. The van der Waals surface area contributed by atoms with Gasteiger partial charge in [-0.25, -0.2) is 4.98 Å². The third-order valence-corrected chi connectivity index (χ3v) is 4.71. The highest BCUT2D eigenvalue weighted by atomic mass is 16.2. The Morgan fingerprint density at radius 2 is 2.08 bits per heavy atom. The molecule has 0 saturated carbocycles. The van der Waals surface area contributed by atoms with Gasteiger partial charge < -0.3 is 10.2 Å². The van der Waals surface area contributed by atoms with Gasteiger partial charge in [0, 0.05) is 18.3 Å². The molecule has 2 heterocycles. The fourth-order valence-corrected chi connectivity index (χ4v) is 3.12. The maximum absolute atomic E-state index is 13.1. The standard InChI is InChI=1S/C19H24N4O2/c1-3-14(2)21-18(24)16-10-7-11-22(16)19(25)17-12-20-13-23(17)15-8-5-4-6-9-15/h4-6,8-9,12-14,16H,3,7,10-11H2,1-2H3,(H,21,24)/t14-,16-/m0/s1. The molecule has 1 aliphatic heterocycles. The number of likely N-dealkylation sites (tertiary alicyclic amines) is 1. The number of rotatable bonds is 5. The van der Waals surface area contributed by atoms with E-state index in [-0.39, 0.29) is 17.9 Å². The molecule has 1 fully saturated rings. The van der Waals surface area contributed by atoms with Gasteiger partial charge in [-0.15, -0.1) is 0 Å². The Morgan fingerprint density at radius 3 is 2.80 bits per heavy atom. The molecule has 2 atom stereocenters. The van der Waals surface area contributed by atoms with Crippen LogP contribution < -0.4 is 5.32 Å². The van der Waals surface area contributed by atoms with Crippen LogP contribution in [-0.4, -0.2) is 44.9 Å². The molecule has 1 aliphatic rings. The minimum absolute atomic E-state index is 0.0639. The zero-order valence-corrected chi connectivity index (χ0v) is 14.7. The van der Waals surface area contributed by atoms with Crippen molar-refractivity contribution in [2.24, 2.45) is 0 Å². The summed E-state index contributed by atoms with van der Waals surface area (Å²) in [5, 5.41) is 2.99. The molecule has 0 bridgehead atoms. The van der Waals surface area contributed by atoms with Crippen molar-refractivity contribution in [2.75, 3.05) is 6.54 Å². The van der Waals surface area contributed by atoms with Crippen molar-refractivity contribution in [3.63, 3.8) is 0 Å². The van der Waals surface area contributed by atoms with Gasteiger partial charge in [0.15, 0.2) is 0 Å². The van der Waals surface area contributed by atoms with Crippen LogP contribution >= 0.6 is 0 Å². The largest absolute Gasteiger partial charge is 0.352 e. The molecule has 1 N–H and O–H groups in total. The first-order chi connectivity index (χ1) is 12.1. The Hall–Kier alpha value is -2.63. The van der Waals surface area contributed by atoms with Gasteiger partial charge in [-0.1, -0.05) is 25.1 Å². The number of hydrogen-bond acceptors (Lipinski definition) is 3. The number of nitrogens with one attached hydrogen (secondary N) is 1. The lowest BCUT2D eigenvalue weighted by Gasteiger charge is -2.25. The number of imidazole rings is 1. The van der Waals surface area contributed by atoms with Crippen molar-refractivity contribution in [2.45, 2.75) is 45.2 Å². The van der Waals surface area contributed by atoms with Crippen LogP contribution in [0.4, 0.5) is 0 Å². The maximum atomic E-state index is 13.1. The molecule has 6 heteroatoms. The Morgan fingerprint density at radius 1 is 1.32 bits per heavy atom. The molecule has 25 heavy (non-hydrogen) atoms. The van der Waals surface area contributed by atoms with Gasteiger partial charge in [0.1, 0.15) is 11.7 Å². The van der Waals surface area contributed by atoms with Crippen LogP contribution in [0.15, 0.2) is 42.9 Å². The van der Waals surface area contributed by atoms with E-state index < -0.39 is 6.04 Å². The van der Waals surface area contributed by atoms with Crippen molar-refractivity contribution >= 4 is 11.8 Å². The molecule has 0 unspecified atom stereocenters. The van der Waals surface area contributed by atoms with E-state index in [0.29, 0.717) is 18.7 Å². The van der Waals surface area contributed by atoms with E-state index in [4.69, 9.17) is 0 Å². The number of aromatic nitrogens is 2. The molecular weight excluding hydrogens is 316 g/mol. The summed E-state index contributed by atoms with van der Waals surface area (Å²) in [5.41, 5.74) is 1.36. The second-order valence-corrected chi connectivity index (χ2v) is 6.46. The summed E-state index contributed by atoms with van der Waals surface area (Å²) in [5.74, 6) is -0.214. The Balaban J connectivity index is 1.81. The summed E-state index contributed by atoms with van der Waals surface area (Å²) in [6, 6.07) is 9.33. The van der Waals surface area contributed by atoms with E-state index >= 15 is 0 Å². The third kappa shape index (κ3) is 3.57. The predicted molar refractivity (Wildman–Crippen MR) is 95.5 cm³/mol. The van der Waals surface area contributed by atoms with Gasteiger partial charge in [-0.05, 0) is 38.3 Å². The van der Waals surface area contributed by atoms with Gasteiger partial charge in [-0.2, -0.15) is 0 Å². The first kappa shape index (κ1) is 17.2. The number of hydrogen-bond donors (Lipinski definition) is 1. The van der Waals surface area contributed by atoms with Crippen LogP contribution in [-0.2, 0) is 4.79 Å². The monoisotopic (exact) mass is 340 g/mol. The fraction of sp³-hybridized carbons (Fsp3) is 0.421. The van der Waals surface area contributed by atoms with Crippen LogP contribution in [0, 0.1) is 0 Å². The van der Waals surface area contributed by atoms with Crippen LogP contribution in [0.2, 0.25) is 0 Å². The van der Waals surface area contributed by atoms with Gasteiger partial charge in [0.25, 0.3) is 5.91 Å². The first-order valence-corrected chi connectivity index (χ1v) is 8.81. The average molecular weight is 340 g/mol. The minimum Gasteiger partial charge on any atom is -0.352 e. The van der Waals surface area contributed by atoms with Gasteiger partial charge in [0.05, 0.1) is 12.5 Å². The van der Waals surface area contributed by atoms with Gasteiger partial charge >= 0.3 is 0 Å². The van der Waals surface area contributed by atoms with Crippen LogP contribution in [0.3, 0.4) is 0 Å². The van der Waals surface area contributed by atoms with E-state index in [0.717, 1.165) is 18.5 Å². The summed E-state index contributed by atoms with van der Waals surface area (Å²) < 4.78 is 1.77. The zero-order chi connectivity index (χ0) is 17.8. The normalized spacial score (nSPS) is 18.2. The number of para-hydroxylation sites is 1. The van der Waals surface area contributed by atoms with Gasteiger partial charge in [0.2, 0.25) is 5.91 Å². The lowest BCUT2D eigenvalue weighted by Crippen LogP contribution is -2.48. The zero-order valence-electron chi connectivity index (χ0n) is 14.7. The number of amides is 2. The molecule has 0 spiro atoms. The highest BCUT2D eigenvalue weighted by Crippen LogP contribution is 2.22. The molecule has 132 valence electrons. The number of benzene rings is 1. The molecule has 0 radical (unpaired) electrons. The SMILES string of the molecule is CC[C@H](C)NC(=O)[C@@H]1CCCN1C(=O)c1cncn1-c1ccccc1. The van der Waals surface area contributed by atoms with E-state index in [1.54, 1.807) is 22.0 Å². The second kappa shape index (κ2) is 7.51. The van der Waals surface area contributed by atoms with E-state index in [2.05, 4.69) is 10.3 Å². The van der Waals surface area contributed by atoms with Crippen molar-refractivity contribution in [1.29, 1.82) is 0 Å². The van der Waals surface area contributed by atoms with Gasteiger partial charge in [-0.3, -0.25) is 14.2 Å². The summed E-state index contributed by atoms with van der Waals surface area (Å²) >= 11 is 0. The van der Waals surface area contributed by atoms with Crippen molar-refractivity contribution in [3.05, 3.63) is 48.5 Å². The number of carbonyl (C=O) groups is 2. The summed E-state index contributed by atoms with van der Waals surface area (Å²) in [6.45, 7) is 4.60. The van der Waals surface area contributed by atoms with Crippen LogP contribution in [0.1, 0.15) is 43.6 Å². The Kier molecular flexibility index (Phi) is 5.16. The maximum Gasteiger partial charge on any atom is 0.273 e. The van der Waals surface area contributed by atoms with Crippen molar-refractivity contribution in [1.82, 2.24) is 19.8 Å². The summed E-state index contributed by atoms with van der Waals surface area (Å²) in [6.07, 6.45) is 5.61. The van der Waals surface area contributed by atoms with Crippen LogP contribution in [0.5, 0.6) is 0 Å². The molecule has 2 amide bonds. The molecule has 0 aliphatic carbocycles. The lowest BCUT2D eigenvalue weighted by molar-refractivity contribution is -0.125. The molecule has 1 saturated heterocycles. The van der Waals surface area contributed by atoms with E-state index in [9.17, 15) is 9.59 Å². The smallest absolute Gasteiger partial charge is 0.273 e. The predicted octanol–water partition coefficient (Wildman–Crippen LogP) is 2.39. The molecule has 2 aromatic rings. The quantitative estimate of drug-likeness (QED) is 0.909. The molecule has 6 nitrogen and oxygen atoms in total. The highest BCUT2D eigenvalue weighted by Gasteiger charge is 2.36. The van der Waals surface area contributed by atoms with E-state index in [1.807, 2.05) is 44.2 Å². The molecule has 1 aromatic heterocycles. The van der Waals surface area contributed by atoms with E-state index in [1.165, 1.54) is 0 Å². The molecule has 3 rings (SSSR count). The lowest BCUT2D eigenvalue weighted by atomic mass is 10.1. The third-order valence-electron chi connectivity index (χ3n) is 4.71. The summed E-state index contributed by atoms with van der Waals surface area (Å²) in [7, 11) is 0.